The molecule has 2 heterocycles. The molecule has 2 aromatic heterocycles. The van der Waals surface area contributed by atoms with E-state index in [-0.39, 0.29) is 18.0 Å². The van der Waals surface area contributed by atoms with Gasteiger partial charge in [-0.05, 0) is 43.2 Å². The van der Waals surface area contributed by atoms with Crippen LogP contribution in [-0.4, -0.2) is 34.6 Å². The van der Waals surface area contributed by atoms with Gasteiger partial charge in [-0.3, -0.25) is 19.1 Å². The van der Waals surface area contributed by atoms with Crippen molar-refractivity contribution in [2.24, 2.45) is 0 Å². The van der Waals surface area contributed by atoms with Crippen LogP contribution >= 0.6 is 0 Å². The molecule has 0 fully saturated rings. The lowest BCUT2D eigenvalue weighted by atomic mass is 10.1. The molecule has 0 unspecified atom stereocenters. The lowest BCUT2D eigenvalue weighted by molar-refractivity contribution is -0.140. The number of carbonyl (C=O) groups is 1. The number of benzene rings is 1. The van der Waals surface area contributed by atoms with Gasteiger partial charge in [0.1, 0.15) is 5.82 Å². The molecule has 0 bridgehead atoms. The van der Waals surface area contributed by atoms with Crippen LogP contribution in [0, 0.1) is 6.92 Å². The third-order valence-corrected chi connectivity index (χ3v) is 5.96. The number of hydrogen-bond donors (Lipinski definition) is 1. The van der Waals surface area contributed by atoms with Crippen molar-refractivity contribution in [2.45, 2.75) is 32.9 Å². The quantitative estimate of drug-likeness (QED) is 0.499. The molecule has 1 aromatic carbocycles. The zero-order valence-electron chi connectivity index (χ0n) is 18.5. The first-order chi connectivity index (χ1) is 16.0. The fraction of sp³-hybridized carbons (Fsp3) is 0.261. The van der Waals surface area contributed by atoms with Crippen molar-refractivity contribution >= 4 is 22.0 Å². The molecule has 0 saturated heterocycles. The molecule has 0 saturated carbocycles. The number of alkyl halides is 3. The van der Waals surface area contributed by atoms with E-state index in [0.29, 0.717) is 28.9 Å². The summed E-state index contributed by atoms with van der Waals surface area (Å²) in [6.07, 6.45) is 1.46. The van der Waals surface area contributed by atoms with Crippen molar-refractivity contribution in [2.75, 3.05) is 5.75 Å². The van der Waals surface area contributed by atoms with E-state index in [1.165, 1.54) is 10.6 Å². The van der Waals surface area contributed by atoms with E-state index in [1.807, 2.05) is 4.72 Å². The molecule has 1 N–H and O–H groups in total. The SMILES string of the molecule is CCCC(=O)NS(=O)(=O)CC=Cc1ccc(-n2cc(C(F)(F)F)nc2-c2cccnc2C)cc1. The van der Waals surface area contributed by atoms with E-state index in [1.54, 1.807) is 62.5 Å². The Balaban J connectivity index is 1.85. The van der Waals surface area contributed by atoms with Crippen molar-refractivity contribution in [3.05, 3.63) is 71.8 Å². The van der Waals surface area contributed by atoms with E-state index in [9.17, 15) is 26.4 Å². The summed E-state index contributed by atoms with van der Waals surface area (Å²) in [5, 5.41) is 0. The topological polar surface area (TPSA) is 94.0 Å². The van der Waals surface area contributed by atoms with Crippen LogP contribution in [0.2, 0.25) is 0 Å². The molecule has 0 aliphatic rings. The summed E-state index contributed by atoms with van der Waals surface area (Å²) in [6.45, 7) is 3.46. The number of halogens is 3. The predicted octanol–water partition coefficient (Wildman–Crippen LogP) is 4.52. The first-order valence-electron chi connectivity index (χ1n) is 10.4. The Bertz CT molecular complexity index is 1300. The van der Waals surface area contributed by atoms with Gasteiger partial charge in [0, 0.05) is 35.8 Å². The molecule has 3 rings (SSSR count). The van der Waals surface area contributed by atoms with Crippen LogP contribution in [0.5, 0.6) is 0 Å². The lowest BCUT2D eigenvalue weighted by Crippen LogP contribution is -2.31. The maximum absolute atomic E-state index is 13.4. The predicted molar refractivity (Wildman–Crippen MR) is 122 cm³/mol. The summed E-state index contributed by atoms with van der Waals surface area (Å²) in [6, 6.07) is 9.77. The van der Waals surface area contributed by atoms with Gasteiger partial charge in [-0.1, -0.05) is 31.2 Å². The molecule has 0 atom stereocenters. The van der Waals surface area contributed by atoms with Crippen LogP contribution in [0.4, 0.5) is 13.2 Å². The number of nitrogens with zero attached hydrogens (tertiary/aromatic N) is 3. The Morgan fingerprint density at radius 3 is 2.50 bits per heavy atom. The van der Waals surface area contributed by atoms with Crippen LogP contribution in [0.15, 0.2) is 54.9 Å². The molecule has 11 heteroatoms. The summed E-state index contributed by atoms with van der Waals surface area (Å²) in [5.41, 5.74) is 1.06. The first-order valence-corrected chi connectivity index (χ1v) is 12.0. The number of amides is 1. The normalized spacial score (nSPS) is 12.3. The molecule has 1 amide bonds. The van der Waals surface area contributed by atoms with Gasteiger partial charge in [-0.15, -0.1) is 0 Å². The van der Waals surface area contributed by atoms with E-state index >= 15 is 0 Å². The minimum absolute atomic E-state index is 0.107. The molecule has 34 heavy (non-hydrogen) atoms. The van der Waals surface area contributed by atoms with Gasteiger partial charge in [0.15, 0.2) is 5.69 Å². The van der Waals surface area contributed by atoms with E-state index in [4.69, 9.17) is 0 Å². The number of aryl methyl sites for hydroxylation is 1. The second-order valence-corrected chi connectivity index (χ2v) is 9.27. The molecule has 0 aliphatic carbocycles. The van der Waals surface area contributed by atoms with E-state index < -0.39 is 27.8 Å². The van der Waals surface area contributed by atoms with Gasteiger partial charge in [0.05, 0.1) is 5.75 Å². The third kappa shape index (κ3) is 6.31. The highest BCUT2D eigenvalue weighted by molar-refractivity contribution is 7.90. The third-order valence-electron chi connectivity index (χ3n) is 4.79. The van der Waals surface area contributed by atoms with Gasteiger partial charge in [-0.25, -0.2) is 13.4 Å². The van der Waals surface area contributed by atoms with Gasteiger partial charge in [-0.2, -0.15) is 13.2 Å². The number of imidazole rings is 1. The molecular formula is C23H23F3N4O3S. The highest BCUT2D eigenvalue weighted by Gasteiger charge is 2.35. The largest absolute Gasteiger partial charge is 0.434 e. The molecule has 0 aliphatic heterocycles. The fourth-order valence-corrected chi connectivity index (χ4v) is 4.06. The number of rotatable bonds is 8. The van der Waals surface area contributed by atoms with Crippen LogP contribution in [0.25, 0.3) is 23.2 Å². The summed E-state index contributed by atoms with van der Waals surface area (Å²) in [7, 11) is -3.79. The van der Waals surface area contributed by atoms with Crippen molar-refractivity contribution in [1.29, 1.82) is 0 Å². The number of carbonyl (C=O) groups excluding carboxylic acids is 1. The Morgan fingerprint density at radius 2 is 1.88 bits per heavy atom. The standard InChI is InChI=1S/C23H23F3N4O3S/c1-3-6-21(31)29-34(32,33)14-5-7-17-9-11-18(12-10-17)30-15-20(23(24,25)26)28-22(30)19-8-4-13-27-16(19)2/h4-5,7-13,15H,3,6,14H2,1-2H3,(H,29,31). The summed E-state index contributed by atoms with van der Waals surface area (Å²) < 4.78 is 67.3. The van der Waals surface area contributed by atoms with Crippen molar-refractivity contribution in [3.63, 3.8) is 0 Å². The summed E-state index contributed by atoms with van der Waals surface area (Å²) in [5.74, 6) is -0.834. The maximum Gasteiger partial charge on any atom is 0.434 e. The Labute approximate surface area is 195 Å². The van der Waals surface area contributed by atoms with Crippen molar-refractivity contribution < 1.29 is 26.4 Å². The monoisotopic (exact) mass is 492 g/mol. The second kappa shape index (κ2) is 10.2. The van der Waals surface area contributed by atoms with Crippen LogP contribution < -0.4 is 4.72 Å². The van der Waals surface area contributed by atoms with Crippen molar-refractivity contribution in [1.82, 2.24) is 19.3 Å². The Kier molecular flexibility index (Phi) is 7.55. The zero-order valence-corrected chi connectivity index (χ0v) is 19.3. The van der Waals surface area contributed by atoms with Gasteiger partial charge in [0.2, 0.25) is 15.9 Å². The summed E-state index contributed by atoms with van der Waals surface area (Å²) >= 11 is 0. The number of hydrogen-bond acceptors (Lipinski definition) is 5. The average Bonchev–Trinajstić information content (AvgIpc) is 3.20. The molecule has 7 nitrogen and oxygen atoms in total. The van der Waals surface area contributed by atoms with E-state index in [2.05, 4.69) is 9.97 Å². The minimum Gasteiger partial charge on any atom is -0.299 e. The number of sulfonamides is 1. The smallest absolute Gasteiger partial charge is 0.299 e. The second-order valence-electron chi connectivity index (χ2n) is 7.50. The minimum atomic E-state index is -4.61. The average molecular weight is 493 g/mol. The number of nitrogens with one attached hydrogen (secondary N) is 1. The molecule has 180 valence electrons. The zero-order chi connectivity index (χ0) is 24.9. The highest BCUT2D eigenvalue weighted by atomic mass is 32.2. The van der Waals surface area contributed by atoms with Crippen LogP contribution in [0.3, 0.4) is 0 Å². The molecule has 0 spiro atoms. The van der Waals surface area contributed by atoms with Gasteiger partial charge >= 0.3 is 6.18 Å². The van der Waals surface area contributed by atoms with E-state index in [0.717, 1.165) is 6.20 Å². The van der Waals surface area contributed by atoms with Gasteiger partial charge < -0.3 is 0 Å². The molecule has 0 radical (unpaired) electrons. The summed E-state index contributed by atoms with van der Waals surface area (Å²) in [4.78, 5) is 19.4. The number of aromatic nitrogens is 3. The molecular weight excluding hydrogens is 469 g/mol. The first kappa shape index (κ1) is 25.2. The Morgan fingerprint density at radius 1 is 1.18 bits per heavy atom. The van der Waals surface area contributed by atoms with Crippen molar-refractivity contribution in [3.8, 4) is 17.1 Å². The maximum atomic E-state index is 13.4. The van der Waals surface area contributed by atoms with Crippen LogP contribution in [-0.2, 0) is 21.0 Å². The molecule has 3 aromatic rings. The van der Waals surface area contributed by atoms with Crippen LogP contribution in [0.1, 0.15) is 36.7 Å². The number of pyridine rings is 1. The lowest BCUT2D eigenvalue weighted by Gasteiger charge is -2.09. The Hall–Kier alpha value is -3.47. The van der Waals surface area contributed by atoms with Gasteiger partial charge in [0.25, 0.3) is 0 Å². The highest BCUT2D eigenvalue weighted by Crippen LogP contribution is 2.33. The fourth-order valence-electron chi connectivity index (χ4n) is 3.17.